The molecule has 0 aliphatic rings. The van der Waals surface area contributed by atoms with Crippen LogP contribution in [0.4, 0.5) is 14.6 Å². The number of halogens is 2. The third-order valence-electron chi connectivity index (χ3n) is 2.58. The standard InChI is InChI=1S/C11H11F2N3/c1-6-9(12)3-7(4-10(6)13)8-5-15-16(2)11(8)14/h3-5H,14H2,1-2H3. The lowest BCUT2D eigenvalue weighted by Crippen LogP contribution is -1.98. The van der Waals surface area contributed by atoms with Crippen LogP contribution in [0, 0.1) is 18.6 Å². The van der Waals surface area contributed by atoms with Crippen LogP contribution in [0.5, 0.6) is 0 Å². The van der Waals surface area contributed by atoms with Crippen LogP contribution in [0.2, 0.25) is 0 Å². The highest BCUT2D eigenvalue weighted by Gasteiger charge is 2.12. The number of hydrogen-bond acceptors (Lipinski definition) is 2. The van der Waals surface area contributed by atoms with Crippen LogP contribution in [-0.2, 0) is 7.05 Å². The third-order valence-corrected chi connectivity index (χ3v) is 2.58. The van der Waals surface area contributed by atoms with Crippen LogP contribution >= 0.6 is 0 Å². The zero-order chi connectivity index (χ0) is 11.9. The number of nitrogen functional groups attached to an aromatic ring is 1. The van der Waals surface area contributed by atoms with Crippen LogP contribution in [0.15, 0.2) is 18.3 Å². The predicted molar refractivity (Wildman–Crippen MR) is 57.7 cm³/mol. The van der Waals surface area contributed by atoms with E-state index in [0.29, 0.717) is 16.9 Å². The van der Waals surface area contributed by atoms with Gasteiger partial charge in [-0.2, -0.15) is 5.10 Å². The van der Waals surface area contributed by atoms with Gasteiger partial charge in [0.25, 0.3) is 0 Å². The molecule has 0 aliphatic heterocycles. The van der Waals surface area contributed by atoms with Gasteiger partial charge in [-0.1, -0.05) is 0 Å². The summed E-state index contributed by atoms with van der Waals surface area (Å²) in [6.07, 6.45) is 1.48. The van der Waals surface area contributed by atoms with Gasteiger partial charge in [-0.3, -0.25) is 4.68 Å². The highest BCUT2D eigenvalue weighted by atomic mass is 19.1. The van der Waals surface area contributed by atoms with E-state index in [-0.39, 0.29) is 5.56 Å². The number of nitrogens with two attached hydrogens (primary N) is 1. The summed E-state index contributed by atoms with van der Waals surface area (Å²) in [4.78, 5) is 0. The fraction of sp³-hybridized carbons (Fsp3) is 0.182. The number of aromatic nitrogens is 2. The fourth-order valence-corrected chi connectivity index (χ4v) is 1.47. The van der Waals surface area contributed by atoms with Crippen molar-refractivity contribution in [3.8, 4) is 11.1 Å². The minimum atomic E-state index is -0.585. The van der Waals surface area contributed by atoms with Crippen molar-refractivity contribution in [3.63, 3.8) is 0 Å². The number of hydrogen-bond donors (Lipinski definition) is 1. The Balaban J connectivity index is 2.61. The third kappa shape index (κ3) is 1.54. The van der Waals surface area contributed by atoms with Crippen LogP contribution in [0.25, 0.3) is 11.1 Å². The second kappa shape index (κ2) is 3.59. The van der Waals surface area contributed by atoms with Crippen molar-refractivity contribution in [1.29, 1.82) is 0 Å². The molecule has 84 valence electrons. The topological polar surface area (TPSA) is 43.8 Å². The summed E-state index contributed by atoms with van der Waals surface area (Å²) >= 11 is 0. The van der Waals surface area contributed by atoms with Crippen LogP contribution in [-0.4, -0.2) is 9.78 Å². The molecule has 0 unspecified atom stereocenters. The Kier molecular flexibility index (Phi) is 2.38. The second-order valence-corrected chi connectivity index (χ2v) is 3.63. The molecular weight excluding hydrogens is 212 g/mol. The Hall–Kier alpha value is -1.91. The second-order valence-electron chi connectivity index (χ2n) is 3.63. The molecule has 2 rings (SSSR count). The summed E-state index contributed by atoms with van der Waals surface area (Å²) in [6.45, 7) is 1.39. The average molecular weight is 223 g/mol. The summed E-state index contributed by atoms with van der Waals surface area (Å²) in [6, 6.07) is 2.51. The van der Waals surface area contributed by atoms with E-state index in [1.807, 2.05) is 0 Å². The van der Waals surface area contributed by atoms with Crippen molar-refractivity contribution < 1.29 is 8.78 Å². The molecule has 0 amide bonds. The SMILES string of the molecule is Cc1c(F)cc(-c2cnn(C)c2N)cc1F. The van der Waals surface area contributed by atoms with Gasteiger partial charge >= 0.3 is 0 Å². The lowest BCUT2D eigenvalue weighted by atomic mass is 10.1. The van der Waals surface area contributed by atoms with Gasteiger partial charge in [0.1, 0.15) is 17.5 Å². The van der Waals surface area contributed by atoms with E-state index in [2.05, 4.69) is 5.10 Å². The van der Waals surface area contributed by atoms with Crippen LogP contribution in [0.1, 0.15) is 5.56 Å². The molecule has 0 aliphatic carbocycles. The normalized spacial score (nSPS) is 10.8. The molecule has 1 heterocycles. The Morgan fingerprint density at radius 3 is 2.25 bits per heavy atom. The molecule has 0 saturated carbocycles. The Bertz CT molecular complexity index is 523. The molecule has 1 aromatic heterocycles. The molecule has 0 spiro atoms. The van der Waals surface area contributed by atoms with Gasteiger partial charge in [0.2, 0.25) is 0 Å². The summed E-state index contributed by atoms with van der Waals surface area (Å²) < 4.78 is 28.2. The number of benzene rings is 1. The Morgan fingerprint density at radius 2 is 1.81 bits per heavy atom. The van der Waals surface area contributed by atoms with Gasteiger partial charge in [0.15, 0.2) is 0 Å². The van der Waals surface area contributed by atoms with E-state index in [1.165, 1.54) is 29.9 Å². The number of aryl methyl sites for hydroxylation is 1. The minimum Gasteiger partial charge on any atom is -0.383 e. The van der Waals surface area contributed by atoms with E-state index in [1.54, 1.807) is 7.05 Å². The van der Waals surface area contributed by atoms with Crippen LogP contribution in [0.3, 0.4) is 0 Å². The van der Waals surface area contributed by atoms with Crippen molar-refractivity contribution in [3.05, 3.63) is 35.5 Å². The summed E-state index contributed by atoms with van der Waals surface area (Å²) in [7, 11) is 1.67. The molecule has 0 atom stereocenters. The van der Waals surface area contributed by atoms with E-state index in [0.717, 1.165) is 0 Å². The predicted octanol–water partition coefficient (Wildman–Crippen LogP) is 2.26. The van der Waals surface area contributed by atoms with Gasteiger partial charge in [-0.25, -0.2) is 8.78 Å². The molecule has 0 fully saturated rings. The van der Waals surface area contributed by atoms with Gasteiger partial charge < -0.3 is 5.73 Å². The van der Waals surface area contributed by atoms with Crippen molar-refractivity contribution in [2.24, 2.45) is 7.05 Å². The maximum atomic E-state index is 13.4. The van der Waals surface area contributed by atoms with Crippen molar-refractivity contribution in [1.82, 2.24) is 9.78 Å². The van der Waals surface area contributed by atoms with Gasteiger partial charge in [0, 0.05) is 18.2 Å². The summed E-state index contributed by atoms with van der Waals surface area (Å²) in [5, 5.41) is 3.92. The molecule has 3 nitrogen and oxygen atoms in total. The first-order valence-corrected chi connectivity index (χ1v) is 4.74. The van der Waals surface area contributed by atoms with E-state index < -0.39 is 11.6 Å². The van der Waals surface area contributed by atoms with Crippen molar-refractivity contribution >= 4 is 5.82 Å². The highest BCUT2D eigenvalue weighted by Crippen LogP contribution is 2.27. The molecule has 0 radical (unpaired) electrons. The monoisotopic (exact) mass is 223 g/mol. The summed E-state index contributed by atoms with van der Waals surface area (Å²) in [5.74, 6) is -0.792. The van der Waals surface area contributed by atoms with E-state index in [9.17, 15) is 8.78 Å². The van der Waals surface area contributed by atoms with Crippen LogP contribution < -0.4 is 5.73 Å². The smallest absolute Gasteiger partial charge is 0.129 e. The van der Waals surface area contributed by atoms with Crippen molar-refractivity contribution in [2.75, 3.05) is 5.73 Å². The Labute approximate surface area is 91.5 Å². The molecule has 0 saturated heterocycles. The number of rotatable bonds is 1. The average Bonchev–Trinajstić information content (AvgIpc) is 2.56. The molecule has 2 aromatic rings. The molecule has 2 N–H and O–H groups in total. The first kappa shape index (κ1) is 10.6. The van der Waals surface area contributed by atoms with Gasteiger partial charge in [-0.15, -0.1) is 0 Å². The number of anilines is 1. The van der Waals surface area contributed by atoms with Gasteiger partial charge in [-0.05, 0) is 24.6 Å². The zero-order valence-electron chi connectivity index (χ0n) is 8.96. The first-order valence-electron chi connectivity index (χ1n) is 4.74. The maximum absolute atomic E-state index is 13.4. The molecular formula is C11H11F2N3. The molecule has 5 heteroatoms. The Morgan fingerprint density at radius 1 is 1.25 bits per heavy atom. The fourth-order valence-electron chi connectivity index (χ4n) is 1.47. The molecule has 16 heavy (non-hydrogen) atoms. The lowest BCUT2D eigenvalue weighted by molar-refractivity contribution is 0.569. The van der Waals surface area contributed by atoms with E-state index in [4.69, 9.17) is 5.73 Å². The van der Waals surface area contributed by atoms with Crippen molar-refractivity contribution in [2.45, 2.75) is 6.92 Å². The van der Waals surface area contributed by atoms with E-state index >= 15 is 0 Å². The first-order chi connectivity index (χ1) is 7.50. The largest absolute Gasteiger partial charge is 0.383 e. The molecule has 1 aromatic carbocycles. The number of nitrogens with zero attached hydrogens (tertiary/aromatic N) is 2. The van der Waals surface area contributed by atoms with Gasteiger partial charge in [0.05, 0.1) is 6.20 Å². The lowest BCUT2D eigenvalue weighted by Gasteiger charge is -2.04. The molecule has 0 bridgehead atoms. The zero-order valence-corrected chi connectivity index (χ0v) is 8.96. The highest BCUT2D eigenvalue weighted by molar-refractivity contribution is 5.73. The quantitative estimate of drug-likeness (QED) is 0.805. The minimum absolute atomic E-state index is 0.00575. The maximum Gasteiger partial charge on any atom is 0.129 e. The summed E-state index contributed by atoms with van der Waals surface area (Å²) in [5.41, 5.74) is 6.66.